The Balaban J connectivity index is 2.16. The van der Waals surface area contributed by atoms with Crippen molar-refractivity contribution in [2.75, 3.05) is 23.3 Å². The number of hydrogen-bond donors (Lipinski definition) is 2. The van der Waals surface area contributed by atoms with Crippen molar-refractivity contribution in [1.82, 2.24) is 0 Å². The molecule has 0 aromatic heterocycles. The summed E-state index contributed by atoms with van der Waals surface area (Å²) in [6, 6.07) is 7.82. The summed E-state index contributed by atoms with van der Waals surface area (Å²) in [5.41, 5.74) is 2.56. The highest BCUT2D eigenvalue weighted by molar-refractivity contribution is 6.05. The Labute approximate surface area is 120 Å². The highest BCUT2D eigenvalue weighted by Crippen LogP contribution is 2.28. The van der Waals surface area contributed by atoms with Crippen LogP contribution in [0.3, 0.4) is 0 Å². The summed E-state index contributed by atoms with van der Waals surface area (Å²) >= 11 is 0. The Hall–Kier alpha value is -1.81. The molecule has 1 aliphatic rings. The number of aliphatic hydroxyl groups excluding tert-OH is 1. The minimum absolute atomic E-state index is 0.0722. The van der Waals surface area contributed by atoms with Crippen LogP contribution in [0.4, 0.5) is 11.4 Å². The maximum atomic E-state index is 12.0. The summed E-state index contributed by atoms with van der Waals surface area (Å²) in [7, 11) is 0. The average molecular weight is 274 g/mol. The number of aliphatic hydroxyl groups is 1. The molecule has 1 saturated heterocycles. The molecule has 0 bridgehead atoms. The molecule has 4 nitrogen and oxygen atoms in total. The molecule has 0 spiro atoms. The summed E-state index contributed by atoms with van der Waals surface area (Å²) in [5, 5.41) is 12.5. The van der Waals surface area contributed by atoms with Crippen LogP contribution in [0.25, 0.3) is 0 Å². The van der Waals surface area contributed by atoms with Crippen LogP contribution in [-0.4, -0.2) is 30.2 Å². The quantitative estimate of drug-likeness (QED) is 0.833. The summed E-state index contributed by atoms with van der Waals surface area (Å²) < 4.78 is 0. The zero-order chi connectivity index (χ0) is 14.5. The fourth-order valence-electron chi connectivity index (χ4n) is 2.31. The summed E-state index contributed by atoms with van der Waals surface area (Å²) in [5.74, 6) is -0.0722. The lowest BCUT2D eigenvalue weighted by atomic mass is 10.1. The van der Waals surface area contributed by atoms with E-state index < -0.39 is 0 Å². The normalized spacial score (nSPS) is 17.1. The first kappa shape index (κ1) is 14.6. The number of piperidine rings is 1. The van der Waals surface area contributed by atoms with Gasteiger partial charge in [0.25, 0.3) is 5.91 Å². The number of carbonyl (C=O) groups is 1. The lowest BCUT2D eigenvalue weighted by Gasteiger charge is -2.32. The Kier molecular flexibility index (Phi) is 4.79. The molecule has 2 rings (SSSR count). The van der Waals surface area contributed by atoms with Gasteiger partial charge in [0.15, 0.2) is 0 Å². The van der Waals surface area contributed by atoms with Gasteiger partial charge in [-0.05, 0) is 38.8 Å². The van der Waals surface area contributed by atoms with Crippen LogP contribution in [0.5, 0.6) is 0 Å². The highest BCUT2D eigenvalue weighted by Gasteiger charge is 2.19. The maximum Gasteiger partial charge on any atom is 0.251 e. The number of hydrogen-bond acceptors (Lipinski definition) is 3. The van der Waals surface area contributed by atoms with Gasteiger partial charge in [0.2, 0.25) is 0 Å². The van der Waals surface area contributed by atoms with Crippen LogP contribution in [-0.2, 0) is 4.79 Å². The van der Waals surface area contributed by atoms with Gasteiger partial charge in [-0.15, -0.1) is 0 Å². The highest BCUT2D eigenvalue weighted by atomic mass is 16.3. The third-order valence-corrected chi connectivity index (χ3v) is 3.75. The van der Waals surface area contributed by atoms with Gasteiger partial charge in [-0.3, -0.25) is 4.79 Å². The first-order valence-corrected chi connectivity index (χ1v) is 7.08. The van der Waals surface area contributed by atoms with E-state index in [0.29, 0.717) is 5.57 Å². The molecule has 1 aromatic rings. The summed E-state index contributed by atoms with van der Waals surface area (Å²) in [6.07, 6.45) is 3.15. The van der Waals surface area contributed by atoms with Gasteiger partial charge in [-0.25, -0.2) is 0 Å². The number of nitrogens with zero attached hydrogens (tertiary/aromatic N) is 1. The van der Waals surface area contributed by atoms with E-state index in [-0.39, 0.29) is 12.0 Å². The number of nitrogens with one attached hydrogen (secondary N) is 1. The minimum Gasteiger partial charge on any atom is -0.393 e. The smallest absolute Gasteiger partial charge is 0.251 e. The van der Waals surface area contributed by atoms with Gasteiger partial charge in [0.1, 0.15) is 0 Å². The van der Waals surface area contributed by atoms with Gasteiger partial charge < -0.3 is 15.3 Å². The van der Waals surface area contributed by atoms with Gasteiger partial charge in [0.05, 0.1) is 17.5 Å². The number of carbonyl (C=O) groups excluding carboxylic acids is 1. The van der Waals surface area contributed by atoms with E-state index in [1.54, 1.807) is 13.0 Å². The Bertz CT molecular complexity index is 503. The van der Waals surface area contributed by atoms with Crippen LogP contribution in [0.15, 0.2) is 35.9 Å². The van der Waals surface area contributed by atoms with Gasteiger partial charge in [-0.2, -0.15) is 0 Å². The Morgan fingerprint density at radius 3 is 2.65 bits per heavy atom. The second-order valence-electron chi connectivity index (χ2n) is 5.16. The van der Waals surface area contributed by atoms with Crippen molar-refractivity contribution in [2.24, 2.45) is 0 Å². The molecule has 108 valence electrons. The first-order valence-electron chi connectivity index (χ1n) is 7.08. The number of benzene rings is 1. The van der Waals surface area contributed by atoms with Gasteiger partial charge in [0, 0.05) is 18.7 Å². The van der Waals surface area contributed by atoms with E-state index >= 15 is 0 Å². The first-order chi connectivity index (χ1) is 9.61. The van der Waals surface area contributed by atoms with E-state index in [2.05, 4.69) is 10.2 Å². The predicted octanol–water partition coefficient (Wildman–Crippen LogP) is 2.55. The molecule has 20 heavy (non-hydrogen) atoms. The molecule has 2 N–H and O–H groups in total. The van der Waals surface area contributed by atoms with Crippen molar-refractivity contribution in [3.8, 4) is 0 Å². The predicted molar refractivity (Wildman–Crippen MR) is 82.0 cm³/mol. The Morgan fingerprint density at radius 1 is 1.35 bits per heavy atom. The zero-order valence-corrected chi connectivity index (χ0v) is 12.1. The van der Waals surface area contributed by atoms with Crippen molar-refractivity contribution in [2.45, 2.75) is 32.8 Å². The standard InChI is InChI=1S/C16H22N2O2/c1-3-12(2)16(20)17-14-6-4-5-7-15(14)18-10-8-13(19)9-11-18/h3-7,13,19H,8-11H2,1-2H3,(H,17,20)/b12-3-. The number of rotatable bonds is 3. The third-order valence-electron chi connectivity index (χ3n) is 3.75. The molecular weight excluding hydrogens is 252 g/mol. The van der Waals surface area contributed by atoms with E-state index in [0.717, 1.165) is 37.3 Å². The van der Waals surface area contributed by atoms with Crippen molar-refractivity contribution < 1.29 is 9.90 Å². The summed E-state index contributed by atoms with van der Waals surface area (Å²) in [4.78, 5) is 14.2. The SMILES string of the molecule is C/C=C(/C)C(=O)Nc1ccccc1N1CCC(O)CC1. The Morgan fingerprint density at radius 2 is 2.00 bits per heavy atom. The maximum absolute atomic E-state index is 12.0. The number of allylic oxidation sites excluding steroid dienone is 1. The van der Waals surface area contributed by atoms with E-state index in [4.69, 9.17) is 0 Å². The summed E-state index contributed by atoms with van der Waals surface area (Å²) in [6.45, 7) is 5.29. The average Bonchev–Trinajstić information content (AvgIpc) is 2.48. The van der Waals surface area contributed by atoms with Crippen LogP contribution in [0.2, 0.25) is 0 Å². The van der Waals surface area contributed by atoms with Gasteiger partial charge >= 0.3 is 0 Å². The molecule has 0 aliphatic carbocycles. The fourth-order valence-corrected chi connectivity index (χ4v) is 2.31. The van der Waals surface area contributed by atoms with Crippen molar-refractivity contribution in [3.63, 3.8) is 0 Å². The molecule has 0 radical (unpaired) electrons. The molecule has 1 amide bonds. The minimum atomic E-state index is -0.196. The van der Waals surface area contributed by atoms with E-state index in [9.17, 15) is 9.90 Å². The molecule has 1 aromatic carbocycles. The number of amides is 1. The zero-order valence-electron chi connectivity index (χ0n) is 12.1. The lowest BCUT2D eigenvalue weighted by molar-refractivity contribution is -0.112. The molecule has 4 heteroatoms. The third kappa shape index (κ3) is 3.39. The largest absolute Gasteiger partial charge is 0.393 e. The lowest BCUT2D eigenvalue weighted by Crippen LogP contribution is -2.36. The topological polar surface area (TPSA) is 52.6 Å². The second kappa shape index (κ2) is 6.57. The van der Waals surface area contributed by atoms with E-state index in [1.807, 2.05) is 31.2 Å². The number of para-hydroxylation sites is 2. The molecule has 1 fully saturated rings. The molecule has 0 saturated carbocycles. The fraction of sp³-hybridized carbons (Fsp3) is 0.438. The van der Waals surface area contributed by atoms with Crippen molar-refractivity contribution >= 4 is 17.3 Å². The van der Waals surface area contributed by atoms with Crippen LogP contribution >= 0.6 is 0 Å². The van der Waals surface area contributed by atoms with Crippen molar-refractivity contribution in [3.05, 3.63) is 35.9 Å². The molecule has 0 atom stereocenters. The molecule has 1 heterocycles. The van der Waals surface area contributed by atoms with Crippen molar-refractivity contribution in [1.29, 1.82) is 0 Å². The van der Waals surface area contributed by atoms with E-state index in [1.165, 1.54) is 0 Å². The molecule has 1 aliphatic heterocycles. The molecule has 0 unspecified atom stereocenters. The van der Waals surface area contributed by atoms with Crippen LogP contribution in [0.1, 0.15) is 26.7 Å². The van der Waals surface area contributed by atoms with Crippen LogP contribution < -0.4 is 10.2 Å². The number of anilines is 2. The van der Waals surface area contributed by atoms with Crippen LogP contribution in [0, 0.1) is 0 Å². The van der Waals surface area contributed by atoms with Gasteiger partial charge in [-0.1, -0.05) is 18.2 Å². The second-order valence-corrected chi connectivity index (χ2v) is 5.16. The monoisotopic (exact) mass is 274 g/mol. The molecular formula is C16H22N2O2.